The summed E-state index contributed by atoms with van der Waals surface area (Å²) in [5, 5.41) is 3.49. The van der Waals surface area contributed by atoms with Crippen molar-refractivity contribution in [2.24, 2.45) is 0 Å². The Morgan fingerprint density at radius 2 is 2.07 bits per heavy atom. The van der Waals surface area contributed by atoms with E-state index in [0.29, 0.717) is 6.04 Å². The molecule has 2 rings (SSSR count). The van der Waals surface area contributed by atoms with Crippen molar-refractivity contribution in [3.63, 3.8) is 0 Å². The van der Waals surface area contributed by atoms with Crippen molar-refractivity contribution in [3.05, 3.63) is 23.3 Å². The summed E-state index contributed by atoms with van der Waals surface area (Å²) in [5.41, 5.74) is 3.75. The topological polar surface area (TPSA) is 21.3 Å². The van der Waals surface area contributed by atoms with E-state index >= 15 is 0 Å². The monoisotopic (exact) mass is 191 g/mol. The van der Waals surface area contributed by atoms with E-state index in [0.717, 1.165) is 24.5 Å². The Kier molecular flexibility index (Phi) is 2.36. The molecule has 1 heterocycles. The van der Waals surface area contributed by atoms with Gasteiger partial charge in [0.05, 0.1) is 11.7 Å². The lowest BCUT2D eigenvalue weighted by Crippen LogP contribution is -2.30. The average molecular weight is 191 g/mol. The van der Waals surface area contributed by atoms with Crippen molar-refractivity contribution in [3.8, 4) is 5.75 Å². The van der Waals surface area contributed by atoms with Gasteiger partial charge in [-0.1, -0.05) is 6.92 Å². The van der Waals surface area contributed by atoms with Crippen LogP contribution in [0.1, 0.15) is 24.5 Å². The molecule has 14 heavy (non-hydrogen) atoms. The molecule has 1 atom stereocenters. The predicted molar refractivity (Wildman–Crippen MR) is 59.1 cm³/mol. The quantitative estimate of drug-likeness (QED) is 0.737. The SMILES string of the molecule is CCC1COc2cc(C)c(C)cc2N1. The van der Waals surface area contributed by atoms with Crippen LogP contribution in [-0.4, -0.2) is 12.6 Å². The average Bonchev–Trinajstić information content (AvgIpc) is 2.19. The molecule has 0 saturated carbocycles. The fraction of sp³-hybridized carbons (Fsp3) is 0.500. The predicted octanol–water partition coefficient (Wildman–Crippen LogP) is 2.89. The Morgan fingerprint density at radius 3 is 2.79 bits per heavy atom. The van der Waals surface area contributed by atoms with Crippen LogP contribution in [0.2, 0.25) is 0 Å². The van der Waals surface area contributed by atoms with Gasteiger partial charge in [-0.3, -0.25) is 0 Å². The van der Waals surface area contributed by atoms with Crippen molar-refractivity contribution in [2.45, 2.75) is 33.2 Å². The van der Waals surface area contributed by atoms with Crippen molar-refractivity contribution in [1.82, 2.24) is 0 Å². The molecule has 0 aromatic heterocycles. The van der Waals surface area contributed by atoms with Gasteiger partial charge < -0.3 is 10.1 Å². The summed E-state index contributed by atoms with van der Waals surface area (Å²) in [6, 6.07) is 4.75. The van der Waals surface area contributed by atoms with Crippen LogP contribution in [0.15, 0.2) is 12.1 Å². The summed E-state index contributed by atoms with van der Waals surface area (Å²) < 4.78 is 5.70. The third kappa shape index (κ3) is 1.57. The highest BCUT2D eigenvalue weighted by molar-refractivity contribution is 5.61. The second-order valence-corrected chi connectivity index (χ2v) is 3.99. The molecule has 1 aromatic carbocycles. The maximum absolute atomic E-state index is 5.70. The maximum Gasteiger partial charge on any atom is 0.142 e. The van der Waals surface area contributed by atoms with E-state index in [1.165, 1.54) is 11.1 Å². The van der Waals surface area contributed by atoms with E-state index < -0.39 is 0 Å². The number of aryl methyl sites for hydroxylation is 2. The normalized spacial score (nSPS) is 19.5. The van der Waals surface area contributed by atoms with Gasteiger partial charge in [0.2, 0.25) is 0 Å². The highest BCUT2D eigenvalue weighted by atomic mass is 16.5. The van der Waals surface area contributed by atoms with Crippen molar-refractivity contribution in [1.29, 1.82) is 0 Å². The van der Waals surface area contributed by atoms with E-state index in [1.54, 1.807) is 0 Å². The first kappa shape index (κ1) is 9.38. The van der Waals surface area contributed by atoms with E-state index in [4.69, 9.17) is 4.74 Å². The van der Waals surface area contributed by atoms with Crippen LogP contribution in [-0.2, 0) is 0 Å². The molecule has 2 nitrogen and oxygen atoms in total. The number of nitrogens with one attached hydrogen (secondary N) is 1. The molecule has 76 valence electrons. The van der Waals surface area contributed by atoms with Crippen LogP contribution >= 0.6 is 0 Å². The van der Waals surface area contributed by atoms with Crippen LogP contribution in [0.25, 0.3) is 0 Å². The first-order valence-corrected chi connectivity index (χ1v) is 5.21. The molecule has 0 amide bonds. The lowest BCUT2D eigenvalue weighted by molar-refractivity contribution is 0.281. The summed E-state index contributed by atoms with van der Waals surface area (Å²) in [4.78, 5) is 0. The van der Waals surface area contributed by atoms with Crippen molar-refractivity contribution in [2.75, 3.05) is 11.9 Å². The summed E-state index contributed by atoms with van der Waals surface area (Å²) in [6.07, 6.45) is 1.10. The molecule has 1 N–H and O–H groups in total. The second kappa shape index (κ2) is 3.52. The molecule has 0 aliphatic carbocycles. The van der Waals surface area contributed by atoms with E-state index in [1.807, 2.05) is 0 Å². The molecule has 2 heteroatoms. The van der Waals surface area contributed by atoms with Crippen LogP contribution < -0.4 is 10.1 Å². The zero-order valence-electron chi connectivity index (χ0n) is 9.05. The van der Waals surface area contributed by atoms with E-state index in [9.17, 15) is 0 Å². The fourth-order valence-electron chi connectivity index (χ4n) is 1.69. The van der Waals surface area contributed by atoms with Gasteiger partial charge in [-0.2, -0.15) is 0 Å². The van der Waals surface area contributed by atoms with Crippen LogP contribution in [0.4, 0.5) is 5.69 Å². The number of ether oxygens (including phenoxy) is 1. The number of rotatable bonds is 1. The Labute approximate surface area is 85.3 Å². The first-order valence-electron chi connectivity index (χ1n) is 5.21. The Morgan fingerprint density at radius 1 is 1.36 bits per heavy atom. The molecule has 0 radical (unpaired) electrons. The molecular formula is C12H17NO. The van der Waals surface area contributed by atoms with Gasteiger partial charge in [0.25, 0.3) is 0 Å². The van der Waals surface area contributed by atoms with Gasteiger partial charge in [-0.05, 0) is 43.5 Å². The van der Waals surface area contributed by atoms with Gasteiger partial charge in [0.15, 0.2) is 0 Å². The van der Waals surface area contributed by atoms with Crippen molar-refractivity contribution < 1.29 is 4.74 Å². The van der Waals surface area contributed by atoms with Crippen molar-refractivity contribution >= 4 is 5.69 Å². The molecule has 1 aromatic rings. The third-order valence-corrected chi connectivity index (χ3v) is 2.89. The lowest BCUT2D eigenvalue weighted by Gasteiger charge is -2.27. The van der Waals surface area contributed by atoms with Crippen LogP contribution in [0.3, 0.4) is 0 Å². The molecular weight excluding hydrogens is 174 g/mol. The Hall–Kier alpha value is -1.18. The molecule has 0 spiro atoms. The first-order chi connectivity index (χ1) is 6.70. The summed E-state index contributed by atoms with van der Waals surface area (Å²) in [7, 11) is 0. The maximum atomic E-state index is 5.70. The van der Waals surface area contributed by atoms with E-state index in [-0.39, 0.29) is 0 Å². The lowest BCUT2D eigenvalue weighted by atomic mass is 10.1. The summed E-state index contributed by atoms with van der Waals surface area (Å²) in [5.74, 6) is 0.998. The summed E-state index contributed by atoms with van der Waals surface area (Å²) >= 11 is 0. The highest BCUT2D eigenvalue weighted by Crippen LogP contribution is 2.32. The van der Waals surface area contributed by atoms with Gasteiger partial charge in [0.1, 0.15) is 12.4 Å². The largest absolute Gasteiger partial charge is 0.489 e. The number of hydrogen-bond acceptors (Lipinski definition) is 2. The Balaban J connectivity index is 2.33. The van der Waals surface area contributed by atoms with Crippen LogP contribution in [0, 0.1) is 13.8 Å². The minimum absolute atomic E-state index is 0.463. The molecule has 1 unspecified atom stereocenters. The molecule has 1 aliphatic rings. The second-order valence-electron chi connectivity index (χ2n) is 3.99. The minimum Gasteiger partial charge on any atom is -0.489 e. The number of hydrogen-bond donors (Lipinski definition) is 1. The van der Waals surface area contributed by atoms with Gasteiger partial charge >= 0.3 is 0 Å². The number of anilines is 1. The zero-order chi connectivity index (χ0) is 10.1. The number of benzene rings is 1. The Bertz CT molecular complexity index is 346. The van der Waals surface area contributed by atoms with Gasteiger partial charge in [0, 0.05) is 0 Å². The van der Waals surface area contributed by atoms with Gasteiger partial charge in [-0.25, -0.2) is 0 Å². The minimum atomic E-state index is 0.463. The third-order valence-electron chi connectivity index (χ3n) is 2.89. The fourth-order valence-corrected chi connectivity index (χ4v) is 1.69. The molecule has 0 bridgehead atoms. The zero-order valence-corrected chi connectivity index (χ0v) is 9.05. The molecule has 0 fully saturated rings. The molecule has 1 aliphatic heterocycles. The molecule has 0 saturated heterocycles. The summed E-state index contributed by atoms with van der Waals surface area (Å²) in [6.45, 7) is 7.21. The highest BCUT2D eigenvalue weighted by Gasteiger charge is 2.17. The number of fused-ring (bicyclic) bond motifs is 1. The standard InChI is InChI=1S/C12H17NO/c1-4-10-7-14-12-6-9(3)8(2)5-11(12)13-10/h5-6,10,13H,4,7H2,1-3H3. The smallest absolute Gasteiger partial charge is 0.142 e. The van der Waals surface area contributed by atoms with Gasteiger partial charge in [-0.15, -0.1) is 0 Å². The van der Waals surface area contributed by atoms with Crippen LogP contribution in [0.5, 0.6) is 5.75 Å². The van der Waals surface area contributed by atoms with E-state index in [2.05, 4.69) is 38.2 Å².